The van der Waals surface area contributed by atoms with Crippen LogP contribution in [-0.2, 0) is 4.74 Å². The van der Waals surface area contributed by atoms with Crippen molar-refractivity contribution in [2.75, 3.05) is 6.61 Å². The summed E-state index contributed by atoms with van der Waals surface area (Å²) in [7, 11) is 0. The van der Waals surface area contributed by atoms with Crippen molar-refractivity contribution in [1.29, 1.82) is 0 Å². The molecule has 0 radical (unpaired) electrons. The topological polar surface area (TPSA) is 29.5 Å². The normalized spacial score (nSPS) is 44.1. The first-order chi connectivity index (χ1) is 6.09. The lowest BCUT2D eigenvalue weighted by atomic mass is 9.62. The van der Waals surface area contributed by atoms with E-state index in [2.05, 4.69) is 13.8 Å². The van der Waals surface area contributed by atoms with Crippen molar-refractivity contribution in [2.24, 2.45) is 17.3 Å². The van der Waals surface area contributed by atoms with Crippen LogP contribution in [0.2, 0.25) is 0 Å². The van der Waals surface area contributed by atoms with E-state index in [0.29, 0.717) is 17.3 Å². The van der Waals surface area contributed by atoms with E-state index in [1.165, 1.54) is 19.3 Å². The van der Waals surface area contributed by atoms with Crippen molar-refractivity contribution >= 4 is 0 Å². The van der Waals surface area contributed by atoms with Gasteiger partial charge >= 0.3 is 0 Å². The van der Waals surface area contributed by atoms with E-state index in [-0.39, 0.29) is 0 Å². The van der Waals surface area contributed by atoms with Crippen molar-refractivity contribution < 1.29 is 9.84 Å². The zero-order chi connectivity index (χ0) is 9.47. The second kappa shape index (κ2) is 3.25. The maximum atomic E-state index is 9.46. The molecule has 1 aliphatic carbocycles. The highest BCUT2D eigenvalue weighted by Crippen LogP contribution is 2.48. The van der Waals surface area contributed by atoms with Gasteiger partial charge in [-0.05, 0) is 30.1 Å². The molecule has 2 aliphatic rings. The van der Waals surface area contributed by atoms with E-state index in [4.69, 9.17) is 4.74 Å². The quantitative estimate of drug-likeness (QED) is 0.625. The molecule has 2 heteroatoms. The van der Waals surface area contributed by atoms with Crippen LogP contribution in [0, 0.1) is 17.3 Å². The van der Waals surface area contributed by atoms with Gasteiger partial charge in [0.25, 0.3) is 0 Å². The molecule has 2 nitrogen and oxygen atoms in total. The fourth-order valence-corrected chi connectivity index (χ4v) is 3.08. The number of rotatable bonds is 0. The van der Waals surface area contributed by atoms with Gasteiger partial charge in [-0.2, -0.15) is 0 Å². The fraction of sp³-hybridized carbons (Fsp3) is 1.00. The summed E-state index contributed by atoms with van der Waals surface area (Å²) in [6.45, 7) is 5.44. The highest BCUT2D eigenvalue weighted by Gasteiger charge is 2.42. The monoisotopic (exact) mass is 184 g/mol. The van der Waals surface area contributed by atoms with Crippen molar-refractivity contribution in [3.63, 3.8) is 0 Å². The van der Waals surface area contributed by atoms with E-state index in [1.807, 2.05) is 0 Å². The van der Waals surface area contributed by atoms with E-state index in [9.17, 15) is 5.11 Å². The molecule has 1 heterocycles. The Bertz CT molecular complexity index is 189. The Balaban J connectivity index is 2.10. The predicted molar refractivity (Wildman–Crippen MR) is 51.2 cm³/mol. The standard InChI is InChI=1S/C11H20O2/c1-11(2)5-3-4-8-7-13-10(12)6-9(8)11/h8-10,12H,3-7H2,1-2H3/t8-,9-,10?/m1/s1. The first-order valence-corrected chi connectivity index (χ1v) is 5.39. The number of aliphatic hydroxyl groups excluding tert-OH is 1. The molecule has 1 saturated carbocycles. The largest absolute Gasteiger partial charge is 0.368 e. The molecule has 1 unspecified atom stereocenters. The zero-order valence-corrected chi connectivity index (χ0v) is 8.62. The lowest BCUT2D eigenvalue weighted by molar-refractivity contribution is -0.183. The van der Waals surface area contributed by atoms with Crippen LogP contribution >= 0.6 is 0 Å². The Hall–Kier alpha value is -0.0800. The summed E-state index contributed by atoms with van der Waals surface area (Å²) in [5.41, 5.74) is 0.410. The zero-order valence-electron chi connectivity index (χ0n) is 8.62. The fourth-order valence-electron chi connectivity index (χ4n) is 3.08. The maximum absolute atomic E-state index is 9.46. The van der Waals surface area contributed by atoms with Crippen LogP contribution in [-0.4, -0.2) is 18.0 Å². The second-order valence-corrected chi connectivity index (χ2v) is 5.27. The van der Waals surface area contributed by atoms with Crippen LogP contribution in [0.5, 0.6) is 0 Å². The first kappa shape index (κ1) is 9.47. The molecule has 1 N–H and O–H groups in total. The van der Waals surface area contributed by atoms with E-state index in [1.54, 1.807) is 0 Å². The number of hydrogen-bond acceptors (Lipinski definition) is 2. The first-order valence-electron chi connectivity index (χ1n) is 5.39. The minimum absolute atomic E-state index is 0.410. The Kier molecular flexibility index (Phi) is 2.37. The van der Waals surface area contributed by atoms with Crippen LogP contribution in [0.25, 0.3) is 0 Å². The van der Waals surface area contributed by atoms with Gasteiger partial charge in [-0.3, -0.25) is 0 Å². The van der Waals surface area contributed by atoms with Crippen molar-refractivity contribution in [2.45, 2.75) is 45.8 Å². The van der Waals surface area contributed by atoms with E-state index in [0.717, 1.165) is 13.0 Å². The molecular weight excluding hydrogens is 164 g/mol. The molecule has 0 aromatic heterocycles. The number of aliphatic hydroxyl groups is 1. The van der Waals surface area contributed by atoms with Gasteiger partial charge in [0.1, 0.15) is 0 Å². The molecule has 1 saturated heterocycles. The van der Waals surface area contributed by atoms with Crippen molar-refractivity contribution in [3.8, 4) is 0 Å². The minimum atomic E-state index is -0.501. The van der Waals surface area contributed by atoms with Gasteiger partial charge in [-0.1, -0.05) is 20.3 Å². The van der Waals surface area contributed by atoms with Crippen LogP contribution in [0.15, 0.2) is 0 Å². The molecule has 3 atom stereocenters. The smallest absolute Gasteiger partial charge is 0.154 e. The lowest BCUT2D eigenvalue weighted by Gasteiger charge is -2.47. The number of fused-ring (bicyclic) bond motifs is 1. The molecule has 0 bridgehead atoms. The molecule has 13 heavy (non-hydrogen) atoms. The van der Waals surface area contributed by atoms with Gasteiger partial charge in [0, 0.05) is 6.42 Å². The van der Waals surface area contributed by atoms with Crippen LogP contribution in [0.4, 0.5) is 0 Å². The average Bonchev–Trinajstić information content (AvgIpc) is 2.06. The molecule has 0 aromatic rings. The summed E-state index contributed by atoms with van der Waals surface area (Å²) in [5.74, 6) is 1.37. The molecule has 0 aromatic carbocycles. The highest BCUT2D eigenvalue weighted by molar-refractivity contribution is 4.90. The summed E-state index contributed by atoms with van der Waals surface area (Å²) >= 11 is 0. The van der Waals surface area contributed by atoms with Crippen LogP contribution < -0.4 is 0 Å². The van der Waals surface area contributed by atoms with E-state index >= 15 is 0 Å². The Morgan fingerprint density at radius 2 is 2.15 bits per heavy atom. The predicted octanol–water partition coefficient (Wildman–Crippen LogP) is 2.17. The van der Waals surface area contributed by atoms with Crippen LogP contribution in [0.1, 0.15) is 39.5 Å². The maximum Gasteiger partial charge on any atom is 0.154 e. The molecule has 76 valence electrons. The van der Waals surface area contributed by atoms with Crippen molar-refractivity contribution in [3.05, 3.63) is 0 Å². The molecule has 2 rings (SSSR count). The second-order valence-electron chi connectivity index (χ2n) is 5.27. The van der Waals surface area contributed by atoms with Crippen LogP contribution in [0.3, 0.4) is 0 Å². The average molecular weight is 184 g/mol. The molecule has 0 amide bonds. The third kappa shape index (κ3) is 1.75. The van der Waals surface area contributed by atoms with Gasteiger partial charge in [-0.25, -0.2) is 0 Å². The van der Waals surface area contributed by atoms with Gasteiger partial charge in [0.05, 0.1) is 6.61 Å². The molecular formula is C11H20O2. The van der Waals surface area contributed by atoms with Gasteiger partial charge in [0.2, 0.25) is 0 Å². The van der Waals surface area contributed by atoms with Gasteiger partial charge in [-0.15, -0.1) is 0 Å². The Morgan fingerprint density at radius 3 is 2.92 bits per heavy atom. The lowest BCUT2D eigenvalue weighted by Crippen LogP contribution is -2.43. The SMILES string of the molecule is CC1(C)CCC[C@@H]2COC(O)C[C@H]21. The number of ether oxygens (including phenoxy) is 1. The third-order valence-electron chi connectivity index (χ3n) is 3.93. The minimum Gasteiger partial charge on any atom is -0.368 e. The Morgan fingerprint density at radius 1 is 1.38 bits per heavy atom. The molecule has 0 spiro atoms. The summed E-state index contributed by atoms with van der Waals surface area (Å²) in [6, 6.07) is 0. The summed E-state index contributed by atoms with van der Waals surface area (Å²) in [6.07, 6.45) is 4.27. The summed E-state index contributed by atoms with van der Waals surface area (Å²) in [4.78, 5) is 0. The van der Waals surface area contributed by atoms with Crippen molar-refractivity contribution in [1.82, 2.24) is 0 Å². The summed E-state index contributed by atoms with van der Waals surface area (Å²) in [5, 5.41) is 9.46. The van der Waals surface area contributed by atoms with Gasteiger partial charge < -0.3 is 9.84 Å². The third-order valence-corrected chi connectivity index (χ3v) is 3.93. The Labute approximate surface area is 80.3 Å². The highest BCUT2D eigenvalue weighted by atomic mass is 16.6. The van der Waals surface area contributed by atoms with E-state index < -0.39 is 6.29 Å². The summed E-state index contributed by atoms with van der Waals surface area (Å²) < 4.78 is 5.30. The molecule has 2 fully saturated rings. The number of hydrogen-bond donors (Lipinski definition) is 1. The van der Waals surface area contributed by atoms with Gasteiger partial charge in [0.15, 0.2) is 6.29 Å². The molecule has 1 aliphatic heterocycles.